The highest BCUT2D eigenvalue weighted by atomic mass is 31.2. The number of hydrogen-bond donors (Lipinski definition) is 0. The Labute approximate surface area is 168 Å². The van der Waals surface area contributed by atoms with Gasteiger partial charge in [-0.1, -0.05) is 91.0 Å². The zero-order valence-corrected chi connectivity index (χ0v) is 16.8. The molecule has 0 aliphatic carbocycles. The van der Waals surface area contributed by atoms with Crippen molar-refractivity contribution in [3.63, 3.8) is 0 Å². The molecular formula is C27H24P+. The van der Waals surface area contributed by atoms with E-state index in [9.17, 15) is 0 Å². The fraction of sp³-hybridized carbons (Fsp3) is 0.0370. The average molecular weight is 379 g/mol. The molecule has 0 unspecified atom stereocenters. The Bertz CT molecular complexity index is 910. The van der Waals surface area contributed by atoms with Gasteiger partial charge in [0.05, 0.1) is 6.16 Å². The number of benzene rings is 4. The van der Waals surface area contributed by atoms with Crippen molar-refractivity contribution in [3.05, 3.63) is 133 Å². The standard InChI is InChI=1S/C27H24P/c1-5-14-24(15-6-1)16-13-23-28(25-17-7-2-8-18-25,26-19-9-3-10-20-26)27-21-11-4-12-22-27/h1-22H,23H2/q+1/b16-13-. The maximum Gasteiger partial charge on any atom is 0.115 e. The van der Waals surface area contributed by atoms with Crippen LogP contribution in [-0.2, 0) is 0 Å². The Kier molecular flexibility index (Phi) is 5.80. The highest BCUT2D eigenvalue weighted by Gasteiger charge is 2.43. The topological polar surface area (TPSA) is 0 Å². The molecule has 0 atom stereocenters. The number of rotatable bonds is 6. The molecule has 0 aromatic heterocycles. The van der Waals surface area contributed by atoms with Crippen LogP contribution in [0.25, 0.3) is 6.08 Å². The second-order valence-electron chi connectivity index (χ2n) is 6.81. The van der Waals surface area contributed by atoms with Gasteiger partial charge in [0.15, 0.2) is 0 Å². The summed E-state index contributed by atoms with van der Waals surface area (Å²) >= 11 is 0. The molecule has 4 aromatic rings. The van der Waals surface area contributed by atoms with E-state index in [0.717, 1.165) is 6.16 Å². The highest BCUT2D eigenvalue weighted by Crippen LogP contribution is 2.55. The molecule has 0 saturated heterocycles. The molecule has 0 aliphatic heterocycles. The zero-order chi connectivity index (χ0) is 19.1. The summed E-state index contributed by atoms with van der Waals surface area (Å²) in [5, 5.41) is 4.26. The Morgan fingerprint density at radius 2 is 0.821 bits per heavy atom. The Hall–Kier alpha value is -2.95. The first-order valence-corrected chi connectivity index (χ1v) is 11.6. The van der Waals surface area contributed by atoms with Crippen LogP contribution < -0.4 is 15.9 Å². The molecule has 0 saturated carbocycles. The summed E-state index contributed by atoms with van der Waals surface area (Å²) in [7, 11) is -1.78. The molecule has 0 nitrogen and oxygen atoms in total. The monoisotopic (exact) mass is 379 g/mol. The predicted octanol–water partition coefficient (Wildman–Crippen LogP) is 5.69. The molecule has 4 aromatic carbocycles. The summed E-state index contributed by atoms with van der Waals surface area (Å²) in [5.41, 5.74) is 1.25. The minimum atomic E-state index is -1.78. The van der Waals surface area contributed by atoms with Crippen LogP contribution in [-0.4, -0.2) is 6.16 Å². The summed E-state index contributed by atoms with van der Waals surface area (Å²) in [6.07, 6.45) is 5.61. The molecule has 0 fully saturated rings. The first-order chi connectivity index (χ1) is 13.9. The smallest absolute Gasteiger partial charge is 0.0622 e. The zero-order valence-electron chi connectivity index (χ0n) is 15.9. The van der Waals surface area contributed by atoms with E-state index >= 15 is 0 Å². The van der Waals surface area contributed by atoms with Crippen LogP contribution in [0.3, 0.4) is 0 Å². The van der Waals surface area contributed by atoms with Crippen molar-refractivity contribution in [2.45, 2.75) is 0 Å². The van der Waals surface area contributed by atoms with Crippen molar-refractivity contribution < 1.29 is 0 Å². The van der Waals surface area contributed by atoms with Crippen LogP contribution >= 0.6 is 7.26 Å². The summed E-state index contributed by atoms with van der Waals surface area (Å²) in [6, 6.07) is 43.6. The lowest BCUT2D eigenvalue weighted by atomic mass is 10.2. The van der Waals surface area contributed by atoms with Gasteiger partial charge in [-0.3, -0.25) is 0 Å². The van der Waals surface area contributed by atoms with Crippen molar-refractivity contribution in [2.75, 3.05) is 6.16 Å². The Morgan fingerprint density at radius 3 is 1.21 bits per heavy atom. The fourth-order valence-electron chi connectivity index (χ4n) is 3.72. The van der Waals surface area contributed by atoms with Crippen molar-refractivity contribution in [1.29, 1.82) is 0 Å². The van der Waals surface area contributed by atoms with Gasteiger partial charge < -0.3 is 0 Å². The van der Waals surface area contributed by atoms with Crippen molar-refractivity contribution >= 4 is 29.3 Å². The van der Waals surface area contributed by atoms with Crippen molar-refractivity contribution in [3.8, 4) is 0 Å². The second-order valence-corrected chi connectivity index (χ2v) is 10.3. The Balaban J connectivity index is 1.87. The quantitative estimate of drug-likeness (QED) is 0.377. The minimum absolute atomic E-state index is 1.000. The van der Waals surface area contributed by atoms with Crippen LogP contribution in [0.15, 0.2) is 127 Å². The third kappa shape index (κ3) is 3.84. The van der Waals surface area contributed by atoms with Gasteiger partial charge in [-0.25, -0.2) is 0 Å². The van der Waals surface area contributed by atoms with E-state index in [1.807, 2.05) is 0 Å². The van der Waals surface area contributed by atoms with Gasteiger partial charge in [-0.05, 0) is 48.0 Å². The molecule has 0 radical (unpaired) electrons. The molecule has 0 spiro atoms. The van der Waals surface area contributed by atoms with Crippen LogP contribution in [0, 0.1) is 0 Å². The molecule has 0 aliphatic rings. The molecule has 28 heavy (non-hydrogen) atoms. The Morgan fingerprint density at radius 1 is 0.464 bits per heavy atom. The third-order valence-electron chi connectivity index (χ3n) is 5.08. The van der Waals surface area contributed by atoms with Crippen LogP contribution in [0.4, 0.5) is 0 Å². The summed E-state index contributed by atoms with van der Waals surface area (Å²) in [4.78, 5) is 0. The first-order valence-electron chi connectivity index (χ1n) is 9.66. The van der Waals surface area contributed by atoms with Gasteiger partial charge in [-0.2, -0.15) is 0 Å². The summed E-state index contributed by atoms with van der Waals surface area (Å²) in [5.74, 6) is 0. The molecular weight excluding hydrogens is 355 g/mol. The van der Waals surface area contributed by atoms with Crippen molar-refractivity contribution in [1.82, 2.24) is 0 Å². The lowest BCUT2D eigenvalue weighted by molar-refractivity contribution is 1.63. The van der Waals surface area contributed by atoms with Gasteiger partial charge in [0.1, 0.15) is 23.2 Å². The normalized spacial score (nSPS) is 11.6. The maximum atomic E-state index is 2.36. The van der Waals surface area contributed by atoms with E-state index in [2.05, 4.69) is 133 Å². The molecule has 4 rings (SSSR count). The number of allylic oxidation sites excluding steroid dienone is 1. The van der Waals surface area contributed by atoms with Crippen molar-refractivity contribution in [2.24, 2.45) is 0 Å². The van der Waals surface area contributed by atoms with E-state index in [1.165, 1.54) is 21.5 Å². The van der Waals surface area contributed by atoms with E-state index in [1.54, 1.807) is 0 Å². The van der Waals surface area contributed by atoms with Gasteiger partial charge in [0.2, 0.25) is 0 Å². The molecule has 0 N–H and O–H groups in total. The first kappa shape index (κ1) is 18.4. The molecule has 0 amide bonds. The summed E-state index contributed by atoms with van der Waals surface area (Å²) < 4.78 is 0. The average Bonchev–Trinajstić information content (AvgIpc) is 2.79. The second kappa shape index (κ2) is 8.83. The van der Waals surface area contributed by atoms with Crippen LogP contribution in [0.1, 0.15) is 5.56 Å². The summed E-state index contributed by atoms with van der Waals surface area (Å²) in [6.45, 7) is 0. The molecule has 0 bridgehead atoms. The van der Waals surface area contributed by atoms with Crippen LogP contribution in [0.2, 0.25) is 0 Å². The SMILES string of the molecule is C(=C/c1ccccc1)/C[P+](c1ccccc1)(c1ccccc1)c1ccccc1. The maximum absolute atomic E-state index is 2.36. The number of hydrogen-bond acceptors (Lipinski definition) is 0. The van der Waals surface area contributed by atoms with Gasteiger partial charge in [0.25, 0.3) is 0 Å². The van der Waals surface area contributed by atoms with E-state index in [4.69, 9.17) is 0 Å². The largest absolute Gasteiger partial charge is 0.115 e. The van der Waals surface area contributed by atoms with Gasteiger partial charge in [-0.15, -0.1) is 0 Å². The third-order valence-corrected chi connectivity index (χ3v) is 9.38. The predicted molar refractivity (Wildman–Crippen MR) is 125 cm³/mol. The fourth-order valence-corrected chi connectivity index (χ4v) is 7.71. The highest BCUT2D eigenvalue weighted by molar-refractivity contribution is 7.95. The minimum Gasteiger partial charge on any atom is -0.0622 e. The lowest BCUT2D eigenvalue weighted by Gasteiger charge is -2.26. The molecule has 136 valence electrons. The lowest BCUT2D eigenvalue weighted by Crippen LogP contribution is -2.32. The van der Waals surface area contributed by atoms with E-state index < -0.39 is 7.26 Å². The van der Waals surface area contributed by atoms with E-state index in [-0.39, 0.29) is 0 Å². The molecule has 0 heterocycles. The van der Waals surface area contributed by atoms with Crippen LogP contribution in [0.5, 0.6) is 0 Å². The van der Waals surface area contributed by atoms with Gasteiger partial charge >= 0.3 is 0 Å². The van der Waals surface area contributed by atoms with Gasteiger partial charge in [0, 0.05) is 0 Å². The van der Waals surface area contributed by atoms with E-state index in [0.29, 0.717) is 0 Å². The molecule has 1 heteroatoms.